The molecule has 7 saturated heterocycles. The third-order valence-electron chi connectivity index (χ3n) is 12.5. The first-order valence-corrected chi connectivity index (χ1v) is 21.5. The van der Waals surface area contributed by atoms with Gasteiger partial charge in [0.2, 0.25) is 0 Å². The van der Waals surface area contributed by atoms with Gasteiger partial charge in [0.05, 0.1) is 39.6 Å². The lowest BCUT2D eigenvalue weighted by Gasteiger charge is -2.46. The SMILES string of the molecule is CO[C@H]1[C@H](O)[C@@H](O)[C@@H](O[C@H]2[C@H](O[C@@H]3CO[C@@H](O[C@@H]4CO[C@@H](O[C@@H]5CO[C@@H](O[C@@H]6CO[C@@H](O[C@@H]7COC(O)[C@H](O)[C@H]7O)[C@H](O)[C@H]6O)[C@H](O)[C@H]5O)[C@H](O)[C@H]4O)[C@H](O)[C@H]3O)OC[C@@H](O)[C@@H]2O)O[C@@H]1C(=O)O. The van der Waals surface area contributed by atoms with E-state index in [1.807, 2.05) is 0 Å². The van der Waals surface area contributed by atoms with Gasteiger partial charge in [-0.05, 0) is 0 Å². The van der Waals surface area contributed by atoms with E-state index in [9.17, 15) is 86.5 Å². The van der Waals surface area contributed by atoms with Crippen LogP contribution >= 0.6 is 0 Å². The Hall–Kier alpha value is -1.69. The molecule has 0 spiro atoms. The number of hydrogen-bond donors (Lipinski definition) is 16. The van der Waals surface area contributed by atoms with Crippen LogP contribution in [0.25, 0.3) is 0 Å². The van der Waals surface area contributed by atoms with E-state index in [0.29, 0.717) is 0 Å². The highest BCUT2D eigenvalue weighted by atomic mass is 16.8. The Balaban J connectivity index is 0.864. The smallest absolute Gasteiger partial charge is 0.335 e. The molecule has 31 heteroatoms. The molecule has 0 aromatic rings. The summed E-state index contributed by atoms with van der Waals surface area (Å²) in [7, 11) is 1.07. The molecule has 68 heavy (non-hydrogen) atoms. The minimum Gasteiger partial charge on any atom is -0.479 e. The zero-order chi connectivity index (χ0) is 49.5. The molecule has 16 N–H and O–H groups in total. The van der Waals surface area contributed by atoms with Gasteiger partial charge in [0.15, 0.2) is 50.1 Å². The van der Waals surface area contributed by atoms with Crippen LogP contribution in [0.2, 0.25) is 0 Å². The summed E-state index contributed by atoms with van der Waals surface area (Å²) in [6, 6.07) is 0. The number of carbonyl (C=O) groups is 1. The Kier molecular flexibility index (Phi) is 18.3. The summed E-state index contributed by atoms with van der Waals surface area (Å²) in [5, 5.41) is 168. The number of aliphatic hydroxyl groups excluding tert-OH is 15. The van der Waals surface area contributed by atoms with E-state index in [0.717, 1.165) is 7.11 Å². The molecular weight excluding hydrogens is 940 g/mol. The molecule has 0 saturated carbocycles. The molecule has 0 amide bonds. The van der Waals surface area contributed by atoms with Crippen LogP contribution < -0.4 is 0 Å². The van der Waals surface area contributed by atoms with E-state index in [2.05, 4.69) is 0 Å². The number of carboxylic acids is 1. The maximum absolute atomic E-state index is 11.8. The number of carboxylic acid groups (broad SMARTS) is 1. The molecule has 7 rings (SSSR count). The van der Waals surface area contributed by atoms with Crippen molar-refractivity contribution in [2.24, 2.45) is 0 Å². The summed E-state index contributed by atoms with van der Waals surface area (Å²) >= 11 is 0. The van der Waals surface area contributed by atoms with Gasteiger partial charge in [-0.1, -0.05) is 0 Å². The summed E-state index contributed by atoms with van der Waals surface area (Å²) in [6.07, 6.45) is -49.3. The van der Waals surface area contributed by atoms with Crippen molar-refractivity contribution in [3.8, 4) is 0 Å². The summed E-state index contributed by atoms with van der Waals surface area (Å²) in [5.41, 5.74) is 0. The molecule has 1 unspecified atom stereocenters. The third kappa shape index (κ3) is 11.4. The van der Waals surface area contributed by atoms with E-state index in [-0.39, 0.29) is 6.61 Å². The van der Waals surface area contributed by atoms with Crippen molar-refractivity contribution in [2.75, 3.05) is 46.8 Å². The molecule has 31 nitrogen and oxygen atoms in total. The van der Waals surface area contributed by atoms with Crippen molar-refractivity contribution in [3.63, 3.8) is 0 Å². The second kappa shape index (κ2) is 23.0. The molecule has 7 aliphatic rings. The normalized spacial score (nSPS) is 52.9. The summed E-state index contributed by atoms with van der Waals surface area (Å²) in [4.78, 5) is 11.8. The minimum atomic E-state index is -1.94. The Labute approximate surface area is 383 Å². The number of ether oxygens (including phenoxy) is 14. The van der Waals surface area contributed by atoms with Crippen LogP contribution in [0, 0.1) is 0 Å². The number of aliphatic carboxylic acids is 1. The van der Waals surface area contributed by atoms with Gasteiger partial charge in [0.1, 0.15) is 128 Å². The van der Waals surface area contributed by atoms with Crippen molar-refractivity contribution in [3.05, 3.63) is 0 Å². The second-order valence-electron chi connectivity index (χ2n) is 17.1. The summed E-state index contributed by atoms with van der Waals surface area (Å²) < 4.78 is 76.2. The Morgan fingerprint density at radius 1 is 0.368 bits per heavy atom. The van der Waals surface area contributed by atoms with Gasteiger partial charge >= 0.3 is 5.97 Å². The Bertz CT molecular complexity index is 1600. The monoisotopic (exact) mass is 1000 g/mol. The lowest BCUT2D eigenvalue weighted by atomic mass is 9.98. The lowest BCUT2D eigenvalue weighted by Crippen LogP contribution is -2.65. The largest absolute Gasteiger partial charge is 0.479 e. The van der Waals surface area contributed by atoms with E-state index in [4.69, 9.17) is 66.3 Å². The van der Waals surface area contributed by atoms with Crippen molar-refractivity contribution in [1.82, 2.24) is 0 Å². The summed E-state index contributed by atoms with van der Waals surface area (Å²) in [6.45, 7) is -3.03. The van der Waals surface area contributed by atoms with Crippen LogP contribution in [-0.4, -0.2) is 313 Å². The van der Waals surface area contributed by atoms with Gasteiger partial charge < -0.3 is 148 Å². The van der Waals surface area contributed by atoms with E-state index in [1.54, 1.807) is 0 Å². The molecule has 7 fully saturated rings. The first-order valence-electron chi connectivity index (χ1n) is 21.5. The molecule has 0 aliphatic carbocycles. The quantitative estimate of drug-likeness (QED) is 0.0768. The Morgan fingerprint density at radius 3 is 1.09 bits per heavy atom. The van der Waals surface area contributed by atoms with Gasteiger partial charge in [-0.25, -0.2) is 4.79 Å². The molecule has 7 aliphatic heterocycles. The van der Waals surface area contributed by atoms with Crippen LogP contribution in [0.15, 0.2) is 0 Å². The van der Waals surface area contributed by atoms with Crippen molar-refractivity contribution < 1.29 is 153 Å². The fraction of sp³-hybridized carbons (Fsp3) is 0.973. The molecule has 394 valence electrons. The maximum Gasteiger partial charge on any atom is 0.335 e. The van der Waals surface area contributed by atoms with Crippen LogP contribution in [0.3, 0.4) is 0 Å². The first kappa shape index (κ1) is 54.1. The molecule has 7 heterocycles. The van der Waals surface area contributed by atoms with E-state index < -0.39 is 217 Å². The average Bonchev–Trinajstić information content (AvgIpc) is 3.31. The lowest BCUT2D eigenvalue weighted by molar-refractivity contribution is -0.375. The van der Waals surface area contributed by atoms with Gasteiger partial charge in [-0.2, -0.15) is 0 Å². The van der Waals surface area contributed by atoms with Crippen LogP contribution in [0.1, 0.15) is 0 Å². The Morgan fingerprint density at radius 2 is 0.706 bits per heavy atom. The van der Waals surface area contributed by atoms with Crippen LogP contribution in [-0.2, 0) is 71.1 Å². The maximum atomic E-state index is 11.8. The predicted octanol–water partition coefficient (Wildman–Crippen LogP) is -11.7. The molecule has 0 radical (unpaired) electrons. The fourth-order valence-corrected chi connectivity index (χ4v) is 8.38. The van der Waals surface area contributed by atoms with Gasteiger partial charge in [-0.15, -0.1) is 0 Å². The zero-order valence-electron chi connectivity index (χ0n) is 35.8. The molecular formula is C37H60O31. The van der Waals surface area contributed by atoms with Crippen molar-refractivity contribution in [2.45, 2.75) is 178 Å². The van der Waals surface area contributed by atoms with Crippen LogP contribution in [0.4, 0.5) is 0 Å². The second-order valence-corrected chi connectivity index (χ2v) is 17.1. The van der Waals surface area contributed by atoms with Gasteiger partial charge in [-0.3, -0.25) is 0 Å². The highest BCUT2D eigenvalue weighted by Gasteiger charge is 2.54. The van der Waals surface area contributed by atoms with E-state index >= 15 is 0 Å². The molecule has 0 aromatic carbocycles. The molecule has 0 aromatic heterocycles. The minimum absolute atomic E-state index is 0.387. The molecule has 0 bridgehead atoms. The standard InChI is InChI=1S/C37H60O31/c1-55-27-20(45)26(51)36(68-29(27)30(52)53)67-28-14(39)8(38)2-57-37(28)66-13-7-61-35(25(50)19(13)44)65-12-6-60-34(24(49)18(12)43)64-11-5-59-33(23(48)17(11)42)63-10-4-58-32(22(47)16(10)41)62-9-3-56-31(54)21(46)15(9)40/h8-29,31-51,54H,2-7H2,1H3,(H,52,53)/t8-,9-,10-,11-,12-,13-,14+,15+,16+,17+,18+,19+,20-,21-,22-,23-,24-,25-,26-,27+,28-,29+,31?,32+,33+,34+,35+,36+,37+/m1/s1. The highest BCUT2D eigenvalue weighted by molar-refractivity contribution is 5.73. The van der Waals surface area contributed by atoms with Gasteiger partial charge in [0.25, 0.3) is 0 Å². The van der Waals surface area contributed by atoms with Crippen molar-refractivity contribution >= 4 is 5.97 Å². The molecule has 29 atom stereocenters. The van der Waals surface area contributed by atoms with Crippen LogP contribution in [0.5, 0.6) is 0 Å². The highest BCUT2D eigenvalue weighted by Crippen LogP contribution is 2.33. The van der Waals surface area contributed by atoms with E-state index in [1.165, 1.54) is 0 Å². The number of methoxy groups -OCH3 is 1. The fourth-order valence-electron chi connectivity index (χ4n) is 8.38. The summed E-state index contributed by atoms with van der Waals surface area (Å²) in [5.74, 6) is -1.59. The number of hydrogen-bond acceptors (Lipinski definition) is 30. The van der Waals surface area contributed by atoms with Crippen molar-refractivity contribution in [1.29, 1.82) is 0 Å². The zero-order valence-corrected chi connectivity index (χ0v) is 35.8. The van der Waals surface area contributed by atoms with Gasteiger partial charge in [0, 0.05) is 7.11 Å². The average molecular weight is 1000 g/mol. The number of rotatable bonds is 14. The predicted molar refractivity (Wildman–Crippen MR) is 201 cm³/mol. The number of aliphatic hydroxyl groups is 15. The topological polar surface area (TPSA) is 470 Å². The third-order valence-corrected chi connectivity index (χ3v) is 12.5. The first-order chi connectivity index (χ1) is 32.2.